The molecule has 26 nitrogen and oxygen atoms in total. The number of amides is 5. The van der Waals surface area contributed by atoms with Crippen molar-refractivity contribution < 1.29 is 115 Å². The zero-order valence-corrected chi connectivity index (χ0v) is 44.1. The summed E-state index contributed by atoms with van der Waals surface area (Å²) in [6.45, 7) is 0.710. The van der Waals surface area contributed by atoms with E-state index in [9.17, 15) is 73.5 Å². The number of aromatic nitrogens is 1. The summed E-state index contributed by atoms with van der Waals surface area (Å²) in [7, 11) is 0. The predicted molar refractivity (Wildman–Crippen MR) is 274 cm³/mol. The Bertz CT molecular complexity index is 2720. The van der Waals surface area contributed by atoms with Gasteiger partial charge in [0, 0.05) is 114 Å². The molecule has 1 aliphatic rings. The fourth-order valence-corrected chi connectivity index (χ4v) is 9.13. The van der Waals surface area contributed by atoms with Crippen LogP contribution in [0.25, 0.3) is 21.0 Å². The van der Waals surface area contributed by atoms with Gasteiger partial charge in [-0.15, -0.1) is 0 Å². The first-order valence-corrected chi connectivity index (χ1v) is 25.1. The molecule has 11 N–H and O–H groups in total. The van der Waals surface area contributed by atoms with Crippen molar-refractivity contribution in [2.75, 3.05) is 90.4 Å². The molecule has 0 spiro atoms. The molecular formula is C49H62LuN10O16S. The maximum atomic E-state index is 13.9. The van der Waals surface area contributed by atoms with E-state index < -0.39 is 90.5 Å². The number of hydrogen-bond donors (Lipinski definition) is 11. The topological polar surface area (TPSA) is 378 Å². The van der Waals surface area contributed by atoms with E-state index >= 15 is 0 Å². The van der Waals surface area contributed by atoms with Crippen LogP contribution in [0.1, 0.15) is 48.0 Å². The number of unbranched alkanes of at least 4 members (excludes halogenated alkanes) is 1. The van der Waals surface area contributed by atoms with Crippen molar-refractivity contribution in [1.29, 1.82) is 0 Å². The molecule has 5 rings (SSSR count). The smallest absolute Gasteiger partial charge is 0.326 e. The van der Waals surface area contributed by atoms with Crippen molar-refractivity contribution in [3.63, 3.8) is 0 Å². The third kappa shape index (κ3) is 22.1. The first kappa shape index (κ1) is 62.9. The van der Waals surface area contributed by atoms with Gasteiger partial charge in [-0.2, -0.15) is 0 Å². The Morgan fingerprint density at radius 1 is 0.571 bits per heavy atom. The normalized spacial score (nSPS) is 15.3. The van der Waals surface area contributed by atoms with Crippen LogP contribution in [0.5, 0.6) is 0 Å². The Morgan fingerprint density at radius 2 is 1.10 bits per heavy atom. The molecular weight excluding hydrogens is 1190 g/mol. The van der Waals surface area contributed by atoms with Crippen LogP contribution in [0.15, 0.2) is 60.7 Å². The maximum Gasteiger partial charge on any atom is 0.326 e. The largest absolute Gasteiger partial charge is 0.481 e. The van der Waals surface area contributed by atoms with E-state index in [1.165, 1.54) is 6.07 Å². The van der Waals surface area contributed by atoms with Gasteiger partial charge in [-0.3, -0.25) is 53.2 Å². The summed E-state index contributed by atoms with van der Waals surface area (Å²) >= 11 is 1.15. The first-order chi connectivity index (χ1) is 36.2. The number of rotatable bonds is 26. The molecule has 3 atom stereocenters. The van der Waals surface area contributed by atoms with Crippen molar-refractivity contribution >= 4 is 97.0 Å². The van der Waals surface area contributed by atoms with E-state index in [1.807, 2.05) is 42.5 Å². The van der Waals surface area contributed by atoms with Crippen molar-refractivity contribution in [2.24, 2.45) is 0 Å². The minimum Gasteiger partial charge on any atom is -0.481 e. The molecule has 2 heterocycles. The number of urea groups is 1. The second-order valence-corrected chi connectivity index (χ2v) is 19.1. The number of thiazole rings is 1. The quantitative estimate of drug-likeness (QED) is 0.0383. The van der Waals surface area contributed by atoms with E-state index in [0.717, 1.165) is 27.7 Å². The zero-order chi connectivity index (χ0) is 55.3. The molecule has 1 saturated heterocycles. The zero-order valence-electron chi connectivity index (χ0n) is 41.6. The summed E-state index contributed by atoms with van der Waals surface area (Å²) in [5, 5.41) is 71.2. The van der Waals surface area contributed by atoms with Gasteiger partial charge in [-0.1, -0.05) is 53.8 Å². The molecule has 5 amide bonds. The maximum absolute atomic E-state index is 13.9. The number of carbonyl (C=O) groups is 10. The minimum atomic E-state index is -1.57. The average molecular weight is 1250 g/mol. The van der Waals surface area contributed by atoms with Gasteiger partial charge in [0.25, 0.3) is 5.91 Å². The monoisotopic (exact) mass is 1250 g/mol. The summed E-state index contributed by atoms with van der Waals surface area (Å²) in [4.78, 5) is 134. The van der Waals surface area contributed by atoms with E-state index in [-0.39, 0.29) is 158 Å². The molecule has 28 heteroatoms. The van der Waals surface area contributed by atoms with E-state index in [4.69, 9.17) is 5.11 Å². The molecule has 1 unspecified atom stereocenters. The van der Waals surface area contributed by atoms with Crippen molar-refractivity contribution in [2.45, 2.75) is 56.7 Å². The van der Waals surface area contributed by atoms with Gasteiger partial charge < -0.3 is 57.2 Å². The van der Waals surface area contributed by atoms with Crippen LogP contribution in [0.4, 0.5) is 9.93 Å². The van der Waals surface area contributed by atoms with Crippen molar-refractivity contribution in [3.8, 4) is 0 Å². The SMILES string of the molecule is O=C(O)CC[C@H](NC(=O)NC(CCCCNC(=O)[C@H](Cc1ccc2ccccc2c1)NC(=O)c1ccc2sc(NC(=O)CN3CCN(CC(=O)O)CCN(CC(=O)O)CCN(CC(=O)O)CC3)nc2c1)C(=O)O)C(=O)O.[Lu]. The van der Waals surface area contributed by atoms with Crippen molar-refractivity contribution in [1.82, 2.24) is 45.9 Å². The number of carboxylic acid groups (broad SMARTS) is 6. The Labute approximate surface area is 474 Å². The second kappa shape index (κ2) is 31.6. The third-order valence-corrected chi connectivity index (χ3v) is 13.2. The van der Waals surface area contributed by atoms with Gasteiger partial charge in [0.15, 0.2) is 5.13 Å². The number of carbonyl (C=O) groups excluding carboxylic acids is 4. The molecule has 425 valence electrons. The molecule has 0 bridgehead atoms. The number of anilines is 1. The van der Waals surface area contributed by atoms with Crippen LogP contribution in [-0.2, 0) is 44.8 Å². The Morgan fingerprint density at radius 3 is 1.64 bits per heavy atom. The third-order valence-electron chi connectivity index (χ3n) is 12.2. The fraction of sp³-hybridized carbons (Fsp3) is 0.449. The van der Waals surface area contributed by atoms with E-state index in [1.54, 1.807) is 31.7 Å². The summed E-state index contributed by atoms with van der Waals surface area (Å²) in [5.41, 5.74) is 1.26. The van der Waals surface area contributed by atoms with Gasteiger partial charge in [0.1, 0.15) is 18.1 Å². The van der Waals surface area contributed by atoms with Crippen LogP contribution in [0.3, 0.4) is 0 Å². The number of aliphatic carboxylic acids is 6. The molecule has 4 aromatic rings. The molecule has 1 fully saturated rings. The number of hydrogen-bond acceptors (Lipinski definition) is 16. The Kier molecular flexibility index (Phi) is 25.8. The molecule has 0 saturated carbocycles. The summed E-state index contributed by atoms with van der Waals surface area (Å²) in [6.07, 6.45) is -0.552. The van der Waals surface area contributed by atoms with Gasteiger partial charge >= 0.3 is 41.8 Å². The average Bonchev–Trinajstić information content (AvgIpc) is 3.76. The number of benzene rings is 3. The number of nitrogens with one attached hydrogen (secondary N) is 5. The molecule has 1 aromatic heterocycles. The predicted octanol–water partition coefficient (Wildman–Crippen LogP) is 0.561. The molecule has 3 aromatic carbocycles. The number of carboxylic acids is 6. The fourth-order valence-electron chi connectivity index (χ4n) is 8.27. The van der Waals surface area contributed by atoms with Crippen LogP contribution in [-0.4, -0.2) is 218 Å². The van der Waals surface area contributed by atoms with Gasteiger partial charge in [0.05, 0.1) is 36.4 Å². The second-order valence-electron chi connectivity index (χ2n) is 18.1. The molecule has 1 aliphatic heterocycles. The minimum absolute atomic E-state index is 0. The van der Waals surface area contributed by atoms with Gasteiger partial charge in [0.2, 0.25) is 11.8 Å². The van der Waals surface area contributed by atoms with E-state index in [2.05, 4.69) is 31.6 Å². The van der Waals surface area contributed by atoms with E-state index in [0.29, 0.717) is 10.2 Å². The standard InChI is InChI=1S/C49H62N10O16S.Lu/c60-39(26-56-15-17-57(27-41(63)64)19-21-59(29-43(67)68)22-20-58(18-16-56)28-42(65)66)55-49-54-36-25-33(10-12-38(36)76-49)44(69)51-37(24-30-8-9-31-5-1-2-6-32(31)23-30)45(70)50-14-4-3-7-34(46(71)72)52-48(75)53-35(47(73)74)11-13-40(61)62;/h1-2,5-6,8-10,12,23,25,34-35,37H,3-4,7,11,13-22,24,26-29H2,(H,50,70)(H,51,69)(H,61,62)(H,63,64)(H,65,66)(H,67,68)(H,71,72)(H,73,74)(H2,52,53,75)(H,54,55,60);/t34?,35-,37-;/m0./s1. The Hall–Kier alpha value is -6.62. The molecule has 1 radical (unpaired) electrons. The first-order valence-electron chi connectivity index (χ1n) is 24.3. The number of nitrogens with zero attached hydrogens (tertiary/aromatic N) is 5. The molecule has 0 aliphatic carbocycles. The van der Waals surface area contributed by atoms with Crippen LogP contribution < -0.4 is 26.6 Å². The molecule has 77 heavy (non-hydrogen) atoms. The summed E-state index contributed by atoms with van der Waals surface area (Å²) in [6, 6.07) is 12.7. The summed E-state index contributed by atoms with van der Waals surface area (Å²) in [5.74, 6) is -9.02. The Balaban J connectivity index is 0.0000128. The van der Waals surface area contributed by atoms with Crippen LogP contribution in [0, 0.1) is 36.9 Å². The number of fused-ring (bicyclic) bond motifs is 2. The van der Waals surface area contributed by atoms with Gasteiger partial charge in [-0.25, -0.2) is 19.4 Å². The van der Waals surface area contributed by atoms with Gasteiger partial charge in [-0.05, 0) is 60.2 Å². The van der Waals surface area contributed by atoms with Crippen LogP contribution >= 0.6 is 11.3 Å². The summed E-state index contributed by atoms with van der Waals surface area (Å²) < 4.78 is 0.621. The van der Waals surface area contributed by atoms with Crippen LogP contribution in [0.2, 0.25) is 0 Å². The van der Waals surface area contributed by atoms with Crippen molar-refractivity contribution in [3.05, 3.63) is 71.8 Å².